The van der Waals surface area contributed by atoms with Gasteiger partial charge >= 0.3 is 5.97 Å². The summed E-state index contributed by atoms with van der Waals surface area (Å²) in [4.78, 5) is 42.0. The third-order valence-electron chi connectivity index (χ3n) is 6.27. The van der Waals surface area contributed by atoms with E-state index < -0.39 is 16.9 Å². The quantitative estimate of drug-likeness (QED) is 0.199. The van der Waals surface area contributed by atoms with Crippen molar-refractivity contribution in [3.8, 4) is 5.75 Å². The van der Waals surface area contributed by atoms with E-state index in [1.807, 2.05) is 42.5 Å². The fourth-order valence-corrected chi connectivity index (χ4v) is 5.39. The molecule has 0 amide bonds. The zero-order chi connectivity index (χ0) is 27.5. The molecule has 9 nitrogen and oxygen atoms in total. The van der Waals surface area contributed by atoms with Crippen LogP contribution in [0.2, 0.25) is 0 Å². The average Bonchev–Trinajstić information content (AvgIpc) is 3.25. The number of nitro benzene ring substituents is 1. The Hall–Kier alpha value is -4.83. The summed E-state index contributed by atoms with van der Waals surface area (Å²) in [6, 6.07) is 22.2. The minimum Gasteiger partial charge on any atom is -0.489 e. The van der Waals surface area contributed by atoms with Crippen LogP contribution >= 0.6 is 11.3 Å². The first-order valence-corrected chi connectivity index (χ1v) is 12.8. The van der Waals surface area contributed by atoms with Crippen LogP contribution in [0.15, 0.2) is 99.9 Å². The number of nitrogens with zero attached hydrogens (tertiary/aromatic N) is 3. The predicted octanol–water partition coefficient (Wildman–Crippen LogP) is 3.90. The standard InChI is InChI=1S/C29H23N3O6S/c1-18-25(28(34)37-2)26(21-10-14-23(15-11-21)38-17-20-6-4-3-5-7-20)31-27(33)24(39-29(31)30-18)16-19-8-12-22(13-9-19)32(35)36/h3-16,26H,17H2,1-2H3/b24-16-. The van der Waals surface area contributed by atoms with E-state index in [9.17, 15) is 19.7 Å². The minimum absolute atomic E-state index is 0.0388. The van der Waals surface area contributed by atoms with Gasteiger partial charge in [0.15, 0.2) is 4.80 Å². The Balaban J connectivity index is 1.54. The third kappa shape index (κ3) is 5.27. The summed E-state index contributed by atoms with van der Waals surface area (Å²) < 4.78 is 12.8. The number of nitro groups is 1. The summed E-state index contributed by atoms with van der Waals surface area (Å²) >= 11 is 1.18. The lowest BCUT2D eigenvalue weighted by Gasteiger charge is -2.24. The van der Waals surface area contributed by atoms with Crippen LogP contribution in [0.4, 0.5) is 5.69 Å². The Labute approximate surface area is 226 Å². The number of thiazole rings is 1. The van der Waals surface area contributed by atoms with Crippen LogP contribution in [-0.2, 0) is 16.1 Å². The molecule has 39 heavy (non-hydrogen) atoms. The maximum absolute atomic E-state index is 13.6. The number of methoxy groups -OCH3 is 1. The van der Waals surface area contributed by atoms with Crippen molar-refractivity contribution in [3.05, 3.63) is 137 Å². The second kappa shape index (κ2) is 10.9. The van der Waals surface area contributed by atoms with Gasteiger partial charge in [0, 0.05) is 12.1 Å². The van der Waals surface area contributed by atoms with Crippen molar-refractivity contribution in [2.45, 2.75) is 19.6 Å². The summed E-state index contributed by atoms with van der Waals surface area (Å²) in [6.45, 7) is 2.12. The molecule has 0 bridgehead atoms. The number of hydrogen-bond donors (Lipinski definition) is 0. The second-order valence-electron chi connectivity index (χ2n) is 8.77. The van der Waals surface area contributed by atoms with Gasteiger partial charge in [0.1, 0.15) is 12.4 Å². The van der Waals surface area contributed by atoms with E-state index >= 15 is 0 Å². The highest BCUT2D eigenvalue weighted by molar-refractivity contribution is 7.07. The van der Waals surface area contributed by atoms with Gasteiger partial charge in [-0.15, -0.1) is 0 Å². The molecular formula is C29H23N3O6S. The fourth-order valence-electron chi connectivity index (χ4n) is 4.34. The Bertz CT molecular complexity index is 1750. The monoisotopic (exact) mass is 541 g/mol. The molecule has 196 valence electrons. The number of aromatic nitrogens is 1. The predicted molar refractivity (Wildman–Crippen MR) is 146 cm³/mol. The number of hydrogen-bond acceptors (Lipinski definition) is 8. The first kappa shape index (κ1) is 25.8. The van der Waals surface area contributed by atoms with Gasteiger partial charge in [0.2, 0.25) is 0 Å². The van der Waals surface area contributed by atoms with Crippen molar-refractivity contribution in [2.24, 2.45) is 4.99 Å². The molecule has 0 fully saturated rings. The summed E-state index contributed by atoms with van der Waals surface area (Å²) in [6.07, 6.45) is 1.66. The van der Waals surface area contributed by atoms with E-state index in [0.29, 0.717) is 38.5 Å². The Morgan fingerprint density at radius 3 is 2.41 bits per heavy atom. The molecule has 0 aliphatic carbocycles. The van der Waals surface area contributed by atoms with Gasteiger partial charge in [-0.25, -0.2) is 9.79 Å². The third-order valence-corrected chi connectivity index (χ3v) is 7.26. The highest BCUT2D eigenvalue weighted by atomic mass is 32.1. The van der Waals surface area contributed by atoms with Gasteiger partial charge in [0.25, 0.3) is 11.2 Å². The second-order valence-corrected chi connectivity index (χ2v) is 9.77. The van der Waals surface area contributed by atoms with Crippen molar-refractivity contribution < 1.29 is 19.2 Å². The molecule has 1 unspecified atom stereocenters. The Morgan fingerprint density at radius 2 is 1.77 bits per heavy atom. The SMILES string of the molecule is COC(=O)C1=C(C)N=c2s/c(=C\c3ccc([N+](=O)[O-])cc3)c(=O)n2C1c1ccc(OCc2ccccc2)cc1. The molecule has 1 aliphatic rings. The summed E-state index contributed by atoms with van der Waals surface area (Å²) in [5.41, 5.74) is 2.71. The lowest BCUT2D eigenvalue weighted by molar-refractivity contribution is -0.384. The molecule has 0 N–H and O–H groups in total. The minimum atomic E-state index is -0.754. The van der Waals surface area contributed by atoms with Crippen LogP contribution in [-0.4, -0.2) is 22.6 Å². The van der Waals surface area contributed by atoms with Crippen LogP contribution in [0.25, 0.3) is 6.08 Å². The largest absolute Gasteiger partial charge is 0.489 e. The first-order valence-electron chi connectivity index (χ1n) is 12.0. The van der Waals surface area contributed by atoms with Gasteiger partial charge in [0.05, 0.1) is 33.9 Å². The van der Waals surface area contributed by atoms with E-state index in [1.54, 1.807) is 37.3 Å². The maximum Gasteiger partial charge on any atom is 0.338 e. The summed E-state index contributed by atoms with van der Waals surface area (Å²) in [7, 11) is 1.29. The molecule has 4 aromatic rings. The highest BCUT2D eigenvalue weighted by Gasteiger charge is 2.33. The number of carbonyl (C=O) groups excluding carboxylic acids is 1. The molecule has 0 spiro atoms. The van der Waals surface area contributed by atoms with Gasteiger partial charge in [-0.2, -0.15) is 0 Å². The molecule has 1 aromatic heterocycles. The number of ether oxygens (including phenoxy) is 2. The van der Waals surface area contributed by atoms with E-state index in [0.717, 1.165) is 5.56 Å². The van der Waals surface area contributed by atoms with Crippen LogP contribution < -0.4 is 19.6 Å². The van der Waals surface area contributed by atoms with Crippen molar-refractivity contribution in [1.29, 1.82) is 0 Å². The van der Waals surface area contributed by atoms with E-state index in [-0.39, 0.29) is 16.8 Å². The number of benzene rings is 3. The van der Waals surface area contributed by atoms with Crippen LogP contribution in [0.3, 0.4) is 0 Å². The van der Waals surface area contributed by atoms with E-state index in [1.165, 1.54) is 35.1 Å². The van der Waals surface area contributed by atoms with Crippen molar-refractivity contribution in [2.75, 3.05) is 7.11 Å². The molecule has 0 saturated carbocycles. The summed E-state index contributed by atoms with van der Waals surface area (Å²) in [5, 5.41) is 11.0. The molecule has 2 heterocycles. The fraction of sp³-hybridized carbons (Fsp3) is 0.138. The summed E-state index contributed by atoms with van der Waals surface area (Å²) in [5.74, 6) is 0.0730. The lowest BCUT2D eigenvalue weighted by atomic mass is 9.96. The number of non-ortho nitro benzene ring substituents is 1. The average molecular weight is 542 g/mol. The van der Waals surface area contributed by atoms with Crippen molar-refractivity contribution in [3.63, 3.8) is 0 Å². The maximum atomic E-state index is 13.6. The first-order chi connectivity index (χ1) is 18.9. The molecule has 5 rings (SSSR count). The molecule has 10 heteroatoms. The van der Waals surface area contributed by atoms with Crippen LogP contribution in [0, 0.1) is 10.1 Å². The van der Waals surface area contributed by atoms with Gasteiger partial charge in [-0.3, -0.25) is 19.5 Å². The van der Waals surface area contributed by atoms with E-state index in [4.69, 9.17) is 9.47 Å². The number of rotatable bonds is 7. The van der Waals surface area contributed by atoms with E-state index in [2.05, 4.69) is 4.99 Å². The molecule has 3 aromatic carbocycles. The molecule has 1 atom stereocenters. The molecular weight excluding hydrogens is 518 g/mol. The Kier molecular flexibility index (Phi) is 7.20. The van der Waals surface area contributed by atoms with Crippen molar-refractivity contribution in [1.82, 2.24) is 4.57 Å². The molecule has 1 aliphatic heterocycles. The zero-order valence-corrected chi connectivity index (χ0v) is 21.9. The lowest BCUT2D eigenvalue weighted by Crippen LogP contribution is -2.39. The number of esters is 1. The number of carbonyl (C=O) groups is 1. The topological polar surface area (TPSA) is 113 Å². The normalized spacial score (nSPS) is 14.9. The Morgan fingerprint density at radius 1 is 1.08 bits per heavy atom. The number of fused-ring (bicyclic) bond motifs is 1. The van der Waals surface area contributed by atoms with Gasteiger partial charge in [-0.1, -0.05) is 53.8 Å². The van der Waals surface area contributed by atoms with Crippen LogP contribution in [0.1, 0.15) is 29.7 Å². The van der Waals surface area contributed by atoms with Gasteiger partial charge < -0.3 is 9.47 Å². The smallest absolute Gasteiger partial charge is 0.338 e. The van der Waals surface area contributed by atoms with Gasteiger partial charge in [-0.05, 0) is 54.0 Å². The molecule has 0 radical (unpaired) electrons. The highest BCUT2D eigenvalue weighted by Crippen LogP contribution is 2.31. The van der Waals surface area contributed by atoms with Crippen molar-refractivity contribution >= 4 is 29.1 Å². The molecule has 0 saturated heterocycles. The van der Waals surface area contributed by atoms with Crippen LogP contribution in [0.5, 0.6) is 5.75 Å². The zero-order valence-electron chi connectivity index (χ0n) is 21.1. The number of allylic oxidation sites excluding steroid dienone is 1.